The highest BCUT2D eigenvalue weighted by Crippen LogP contribution is 2.22. The molecule has 2 aromatic heterocycles. The van der Waals surface area contributed by atoms with Gasteiger partial charge in [0, 0.05) is 6.20 Å². The van der Waals surface area contributed by atoms with E-state index in [0.717, 1.165) is 0 Å². The number of carboxylic acids is 1. The lowest BCUT2D eigenvalue weighted by atomic mass is 10.3. The Balaban J connectivity index is 2.94. The van der Waals surface area contributed by atoms with Crippen molar-refractivity contribution in [2.24, 2.45) is 0 Å². The lowest BCUT2D eigenvalue weighted by Crippen LogP contribution is -2.00. The molecular weight excluding hydrogens is 256 g/mol. The summed E-state index contributed by atoms with van der Waals surface area (Å²) in [5.41, 5.74) is -0.0548. The minimum Gasteiger partial charge on any atom is -0.476 e. The van der Waals surface area contributed by atoms with E-state index in [1.54, 1.807) is 0 Å². The zero-order valence-electron chi connectivity index (χ0n) is 6.57. The maximum atomic E-state index is 10.9. The second-order valence-corrected chi connectivity index (χ2v) is 3.33. The molecule has 72 valence electrons. The van der Waals surface area contributed by atoms with Crippen LogP contribution in [-0.2, 0) is 0 Å². The van der Waals surface area contributed by atoms with Gasteiger partial charge >= 0.3 is 11.7 Å². The number of nitrogens with zero attached hydrogens (tertiary/aromatic N) is 1. The van der Waals surface area contributed by atoms with Gasteiger partial charge in [0.15, 0.2) is 11.3 Å². The summed E-state index contributed by atoms with van der Waals surface area (Å²) in [6.07, 6.45) is 1.29. The van der Waals surface area contributed by atoms with Gasteiger partial charge in [-0.25, -0.2) is 14.6 Å². The average molecular weight is 259 g/mol. The first-order valence-corrected chi connectivity index (χ1v) is 4.29. The van der Waals surface area contributed by atoms with Crippen molar-refractivity contribution in [3.63, 3.8) is 0 Å². The van der Waals surface area contributed by atoms with Crippen LogP contribution in [0.3, 0.4) is 0 Å². The van der Waals surface area contributed by atoms with Crippen molar-refractivity contribution in [3.8, 4) is 0 Å². The molecule has 0 radical (unpaired) electrons. The van der Waals surface area contributed by atoms with Gasteiger partial charge in [0.25, 0.3) is 0 Å². The van der Waals surface area contributed by atoms with Gasteiger partial charge in [-0.15, -0.1) is 0 Å². The Morgan fingerprint density at radius 1 is 1.64 bits per heavy atom. The van der Waals surface area contributed by atoms with Gasteiger partial charge in [-0.1, -0.05) is 0 Å². The number of carbonyl (C=O) groups is 1. The molecule has 14 heavy (non-hydrogen) atoms. The first kappa shape index (κ1) is 8.95. The van der Waals surface area contributed by atoms with Gasteiger partial charge in [0.05, 0.1) is 4.47 Å². The van der Waals surface area contributed by atoms with Gasteiger partial charge in [0.1, 0.15) is 5.52 Å². The van der Waals surface area contributed by atoms with Gasteiger partial charge in [-0.2, -0.15) is 0 Å². The van der Waals surface area contributed by atoms with E-state index in [0.29, 0.717) is 9.99 Å². The van der Waals surface area contributed by atoms with E-state index in [9.17, 15) is 9.59 Å². The van der Waals surface area contributed by atoms with Crippen molar-refractivity contribution < 1.29 is 14.3 Å². The molecule has 0 bridgehead atoms. The maximum Gasteiger partial charge on any atom is 0.417 e. The largest absolute Gasteiger partial charge is 0.476 e. The van der Waals surface area contributed by atoms with E-state index in [4.69, 9.17) is 5.11 Å². The van der Waals surface area contributed by atoms with Crippen molar-refractivity contribution in [2.45, 2.75) is 0 Å². The van der Waals surface area contributed by atoms with Gasteiger partial charge in [-0.3, -0.25) is 4.98 Å². The van der Waals surface area contributed by atoms with Crippen LogP contribution in [0.25, 0.3) is 11.1 Å². The van der Waals surface area contributed by atoms with Crippen LogP contribution in [0.1, 0.15) is 10.5 Å². The summed E-state index contributed by atoms with van der Waals surface area (Å²) < 4.78 is 5.13. The number of H-pyrrole nitrogens is 1. The number of nitrogens with one attached hydrogen (secondary N) is 1. The smallest absolute Gasteiger partial charge is 0.417 e. The topological polar surface area (TPSA) is 96.2 Å². The third kappa shape index (κ3) is 1.22. The lowest BCUT2D eigenvalue weighted by Gasteiger charge is -1.94. The third-order valence-corrected chi connectivity index (χ3v) is 2.21. The van der Waals surface area contributed by atoms with Crippen molar-refractivity contribution >= 4 is 33.0 Å². The van der Waals surface area contributed by atoms with E-state index in [-0.39, 0.29) is 11.3 Å². The summed E-state index contributed by atoms with van der Waals surface area (Å²) in [5.74, 6) is -1.96. The first-order chi connectivity index (χ1) is 6.59. The number of hydrogen-bond acceptors (Lipinski definition) is 4. The molecule has 0 fully saturated rings. The number of pyridine rings is 1. The fourth-order valence-electron chi connectivity index (χ4n) is 1.06. The van der Waals surface area contributed by atoms with E-state index >= 15 is 0 Å². The summed E-state index contributed by atoms with van der Waals surface area (Å²) in [6, 6.07) is 0. The molecule has 0 atom stereocenters. The van der Waals surface area contributed by atoms with E-state index < -0.39 is 11.7 Å². The molecule has 2 N–H and O–H groups in total. The maximum absolute atomic E-state index is 10.9. The summed E-state index contributed by atoms with van der Waals surface area (Å²) in [4.78, 5) is 27.5. The van der Waals surface area contributed by atoms with Crippen LogP contribution >= 0.6 is 15.9 Å². The van der Waals surface area contributed by atoms with E-state index in [1.807, 2.05) is 0 Å². The number of halogens is 1. The highest BCUT2D eigenvalue weighted by atomic mass is 79.9. The molecule has 2 rings (SSSR count). The number of carboxylic acid groups (broad SMARTS) is 1. The Morgan fingerprint density at radius 2 is 2.36 bits per heavy atom. The summed E-state index contributed by atoms with van der Waals surface area (Å²) in [7, 11) is 0. The molecule has 0 aliphatic carbocycles. The highest BCUT2D eigenvalue weighted by Gasteiger charge is 2.16. The molecule has 0 spiro atoms. The fourth-order valence-corrected chi connectivity index (χ4v) is 1.44. The number of fused-ring (bicyclic) bond motifs is 1. The molecule has 6 nitrogen and oxygen atoms in total. The van der Waals surface area contributed by atoms with Crippen LogP contribution in [0, 0.1) is 0 Å². The number of aromatic amines is 1. The third-order valence-electron chi connectivity index (χ3n) is 1.61. The number of oxazole rings is 1. The summed E-state index contributed by atoms with van der Waals surface area (Å²) in [6.45, 7) is 0. The zero-order valence-corrected chi connectivity index (χ0v) is 8.16. The van der Waals surface area contributed by atoms with Crippen molar-refractivity contribution in [1.82, 2.24) is 9.97 Å². The van der Waals surface area contributed by atoms with Gasteiger partial charge in [-0.05, 0) is 15.9 Å². The molecule has 2 aromatic rings. The predicted molar refractivity (Wildman–Crippen MR) is 49.3 cm³/mol. The first-order valence-electron chi connectivity index (χ1n) is 3.50. The second-order valence-electron chi connectivity index (χ2n) is 2.48. The van der Waals surface area contributed by atoms with Crippen LogP contribution in [0.15, 0.2) is 19.9 Å². The average Bonchev–Trinajstić information content (AvgIpc) is 2.47. The Hall–Kier alpha value is -1.63. The molecule has 0 aliphatic rings. The standard InChI is InChI=1S/C7H3BrN2O4/c8-2-1-9-4(6(11)12)5-3(2)10-7(13)14-5/h1H,(H,10,13)(H,11,12). The quantitative estimate of drug-likeness (QED) is 0.795. The van der Waals surface area contributed by atoms with Crippen LogP contribution in [0.5, 0.6) is 0 Å². The van der Waals surface area contributed by atoms with Crippen LogP contribution in [0.2, 0.25) is 0 Å². The Bertz CT molecular complexity index is 571. The van der Waals surface area contributed by atoms with E-state index in [2.05, 4.69) is 30.3 Å². The van der Waals surface area contributed by atoms with E-state index in [1.165, 1.54) is 6.20 Å². The Labute approximate surface area is 84.7 Å². The molecule has 7 heteroatoms. The van der Waals surface area contributed by atoms with Crippen LogP contribution in [0.4, 0.5) is 0 Å². The highest BCUT2D eigenvalue weighted by molar-refractivity contribution is 9.10. The molecule has 0 saturated heterocycles. The predicted octanol–water partition coefficient (Wildman–Crippen LogP) is 0.977. The molecule has 2 heterocycles. The number of hydrogen-bond donors (Lipinski definition) is 2. The number of rotatable bonds is 1. The Kier molecular flexibility index (Phi) is 1.88. The van der Waals surface area contributed by atoms with Crippen LogP contribution in [-0.4, -0.2) is 21.0 Å². The minimum absolute atomic E-state index is 0.0584. The van der Waals surface area contributed by atoms with Crippen molar-refractivity contribution in [1.29, 1.82) is 0 Å². The Morgan fingerprint density at radius 3 is 3.00 bits per heavy atom. The van der Waals surface area contributed by atoms with Crippen molar-refractivity contribution in [2.75, 3.05) is 0 Å². The molecular formula is C7H3BrN2O4. The summed E-state index contributed by atoms with van der Waals surface area (Å²) >= 11 is 3.11. The van der Waals surface area contributed by atoms with Gasteiger partial charge in [0.2, 0.25) is 0 Å². The fraction of sp³-hybridized carbons (Fsp3) is 0. The lowest BCUT2D eigenvalue weighted by molar-refractivity contribution is 0.0691. The summed E-state index contributed by atoms with van der Waals surface area (Å²) in [5, 5.41) is 8.73. The second kappa shape index (κ2) is 2.95. The van der Waals surface area contributed by atoms with Gasteiger partial charge < -0.3 is 9.52 Å². The number of aromatic carboxylic acids is 1. The van der Waals surface area contributed by atoms with Crippen LogP contribution < -0.4 is 5.76 Å². The molecule has 0 amide bonds. The molecule has 0 aliphatic heterocycles. The monoisotopic (exact) mass is 258 g/mol. The van der Waals surface area contributed by atoms with Crippen molar-refractivity contribution in [3.05, 3.63) is 26.9 Å². The normalized spacial score (nSPS) is 10.6. The SMILES string of the molecule is O=C(O)c1ncc(Br)c2[nH]c(=O)oc12. The molecule has 0 aromatic carbocycles. The number of aromatic nitrogens is 2. The molecule has 0 unspecified atom stereocenters. The minimum atomic E-state index is -1.25. The zero-order chi connectivity index (χ0) is 10.3. The molecule has 0 saturated carbocycles.